The molecule has 0 fully saturated rings. The van der Waals surface area contributed by atoms with Gasteiger partial charge in [-0.15, -0.1) is 0 Å². The van der Waals surface area contributed by atoms with Crippen LogP contribution in [-0.2, 0) is 0 Å². The van der Waals surface area contributed by atoms with Crippen molar-refractivity contribution < 1.29 is 5.11 Å². The van der Waals surface area contributed by atoms with Gasteiger partial charge in [-0.1, -0.05) is 32.6 Å². The van der Waals surface area contributed by atoms with Gasteiger partial charge >= 0.3 is 0 Å². The van der Waals surface area contributed by atoms with Gasteiger partial charge in [-0.25, -0.2) is 0 Å². The molecule has 0 saturated carbocycles. The van der Waals surface area contributed by atoms with Crippen LogP contribution >= 0.6 is 0 Å². The van der Waals surface area contributed by atoms with Gasteiger partial charge in [0.2, 0.25) is 0 Å². The first-order valence-electron chi connectivity index (χ1n) is 5.35. The Kier molecular flexibility index (Phi) is 6.35. The van der Waals surface area contributed by atoms with Crippen LogP contribution in [0.3, 0.4) is 0 Å². The summed E-state index contributed by atoms with van der Waals surface area (Å²) in [5.74, 6) is 0. The molecule has 2 nitrogen and oxygen atoms in total. The van der Waals surface area contributed by atoms with E-state index in [0.29, 0.717) is 0 Å². The smallest absolute Gasteiger partial charge is 0.0745 e. The van der Waals surface area contributed by atoms with Crippen LogP contribution in [0.5, 0.6) is 0 Å². The van der Waals surface area contributed by atoms with Crippen molar-refractivity contribution in [3.05, 3.63) is 0 Å². The predicted octanol–water partition coefficient (Wildman–Crippen LogP) is 2.27. The second-order valence-electron chi connectivity index (χ2n) is 4.55. The summed E-state index contributed by atoms with van der Waals surface area (Å²) >= 11 is 0. The minimum absolute atomic E-state index is 0.503. The zero-order valence-electron chi connectivity index (χ0n) is 9.64. The minimum atomic E-state index is -0.503. The Bertz CT molecular complexity index is 121. The molecule has 0 heterocycles. The number of likely N-dealkylation sites (N-methyl/N-ethyl adjacent to an activating group) is 1. The molecule has 2 heteroatoms. The maximum atomic E-state index is 9.94. The molecule has 0 amide bonds. The average Bonchev–Trinajstić information content (AvgIpc) is 1.95. The number of rotatable bonds is 7. The van der Waals surface area contributed by atoms with Gasteiger partial charge in [-0.3, -0.25) is 0 Å². The Morgan fingerprint density at radius 1 is 1.15 bits per heavy atom. The lowest BCUT2D eigenvalue weighted by Gasteiger charge is -2.26. The van der Waals surface area contributed by atoms with E-state index >= 15 is 0 Å². The molecule has 0 aromatic carbocycles. The molecule has 0 radical (unpaired) electrons. The summed E-state index contributed by atoms with van der Waals surface area (Å²) in [6.07, 6.45) is 5.87. The highest BCUT2D eigenvalue weighted by atomic mass is 16.3. The summed E-state index contributed by atoms with van der Waals surface area (Å²) in [7, 11) is 4.00. The van der Waals surface area contributed by atoms with Crippen molar-refractivity contribution in [2.45, 2.75) is 51.6 Å². The first-order valence-corrected chi connectivity index (χ1v) is 5.35. The summed E-state index contributed by atoms with van der Waals surface area (Å²) < 4.78 is 0. The highest BCUT2D eigenvalue weighted by Crippen LogP contribution is 2.15. The Balaban J connectivity index is 3.50. The monoisotopic (exact) mass is 187 g/mol. The van der Waals surface area contributed by atoms with Crippen molar-refractivity contribution in [3.63, 3.8) is 0 Å². The van der Waals surface area contributed by atoms with Gasteiger partial charge in [0, 0.05) is 6.54 Å². The molecular formula is C11H25NO. The highest BCUT2D eigenvalue weighted by Gasteiger charge is 2.19. The van der Waals surface area contributed by atoms with Crippen LogP contribution < -0.4 is 0 Å². The van der Waals surface area contributed by atoms with Gasteiger partial charge in [-0.2, -0.15) is 0 Å². The summed E-state index contributed by atoms with van der Waals surface area (Å²) in [4.78, 5) is 2.04. The molecule has 0 spiro atoms. The number of hydrogen-bond acceptors (Lipinski definition) is 2. The average molecular weight is 187 g/mol. The zero-order chi connectivity index (χ0) is 10.3. The maximum absolute atomic E-state index is 9.94. The minimum Gasteiger partial charge on any atom is -0.389 e. The van der Waals surface area contributed by atoms with E-state index in [-0.39, 0.29) is 0 Å². The van der Waals surface area contributed by atoms with Crippen LogP contribution in [0.1, 0.15) is 46.0 Å². The van der Waals surface area contributed by atoms with E-state index in [9.17, 15) is 5.11 Å². The van der Waals surface area contributed by atoms with Crippen LogP contribution in [0.2, 0.25) is 0 Å². The number of unbranched alkanes of at least 4 members (excludes halogenated alkanes) is 3. The summed E-state index contributed by atoms with van der Waals surface area (Å²) in [6, 6.07) is 0. The van der Waals surface area contributed by atoms with E-state index < -0.39 is 5.60 Å². The first kappa shape index (κ1) is 12.9. The lowest BCUT2D eigenvalue weighted by Crippen LogP contribution is -2.37. The van der Waals surface area contributed by atoms with Crippen LogP contribution in [0.15, 0.2) is 0 Å². The molecule has 0 saturated heterocycles. The van der Waals surface area contributed by atoms with Crippen molar-refractivity contribution in [3.8, 4) is 0 Å². The van der Waals surface area contributed by atoms with Crippen LogP contribution in [-0.4, -0.2) is 36.2 Å². The molecule has 1 unspecified atom stereocenters. The first-order chi connectivity index (χ1) is 5.98. The molecule has 1 atom stereocenters. The maximum Gasteiger partial charge on any atom is 0.0745 e. The van der Waals surface area contributed by atoms with Crippen molar-refractivity contribution in [1.29, 1.82) is 0 Å². The van der Waals surface area contributed by atoms with Gasteiger partial charge in [0.25, 0.3) is 0 Å². The molecule has 1 N–H and O–H groups in total. The second-order valence-corrected chi connectivity index (χ2v) is 4.55. The fourth-order valence-corrected chi connectivity index (χ4v) is 1.69. The molecule has 0 aromatic heterocycles. The standard InChI is InChI=1S/C11H25NO/c1-5-6-7-8-9-11(2,13)10-12(3)4/h13H,5-10H2,1-4H3. The molecule has 13 heavy (non-hydrogen) atoms. The number of aliphatic hydroxyl groups is 1. The van der Waals surface area contributed by atoms with Gasteiger partial charge in [0.05, 0.1) is 5.60 Å². The largest absolute Gasteiger partial charge is 0.389 e. The molecule has 0 aliphatic carbocycles. The van der Waals surface area contributed by atoms with Crippen LogP contribution in [0.25, 0.3) is 0 Å². The molecular weight excluding hydrogens is 162 g/mol. The van der Waals surface area contributed by atoms with Crippen LogP contribution in [0, 0.1) is 0 Å². The van der Waals surface area contributed by atoms with Gasteiger partial charge in [0.15, 0.2) is 0 Å². The normalized spacial score (nSPS) is 16.2. The molecule has 0 aromatic rings. The van der Waals surface area contributed by atoms with E-state index in [4.69, 9.17) is 0 Å². The van der Waals surface area contributed by atoms with Crippen LogP contribution in [0.4, 0.5) is 0 Å². The third-order valence-corrected chi connectivity index (χ3v) is 2.23. The Morgan fingerprint density at radius 3 is 2.23 bits per heavy atom. The third-order valence-electron chi connectivity index (χ3n) is 2.23. The summed E-state index contributed by atoms with van der Waals surface area (Å²) in [6.45, 7) is 4.90. The Hall–Kier alpha value is -0.0800. The van der Waals surface area contributed by atoms with E-state index in [1.165, 1.54) is 19.3 Å². The highest BCUT2D eigenvalue weighted by molar-refractivity contribution is 4.74. The lowest BCUT2D eigenvalue weighted by atomic mass is 9.97. The van der Waals surface area contributed by atoms with Crippen molar-refractivity contribution in [1.82, 2.24) is 4.90 Å². The molecule has 80 valence electrons. The fraction of sp³-hybridized carbons (Fsp3) is 1.00. The Labute approximate surface area is 82.9 Å². The second kappa shape index (κ2) is 6.39. The molecule has 0 bridgehead atoms. The predicted molar refractivity (Wildman–Crippen MR) is 57.9 cm³/mol. The number of hydrogen-bond donors (Lipinski definition) is 1. The van der Waals surface area contributed by atoms with Crippen molar-refractivity contribution >= 4 is 0 Å². The SMILES string of the molecule is CCCCCCC(C)(O)CN(C)C. The fourth-order valence-electron chi connectivity index (χ4n) is 1.69. The van der Waals surface area contributed by atoms with E-state index in [1.54, 1.807) is 0 Å². The zero-order valence-corrected chi connectivity index (χ0v) is 9.64. The molecule has 0 rings (SSSR count). The van der Waals surface area contributed by atoms with Gasteiger partial charge in [0.1, 0.15) is 0 Å². The van der Waals surface area contributed by atoms with Crippen molar-refractivity contribution in [2.24, 2.45) is 0 Å². The van der Waals surface area contributed by atoms with Gasteiger partial charge < -0.3 is 10.0 Å². The quantitative estimate of drug-likeness (QED) is 0.618. The summed E-state index contributed by atoms with van der Waals surface area (Å²) in [5, 5.41) is 9.94. The van der Waals surface area contributed by atoms with Crippen molar-refractivity contribution in [2.75, 3.05) is 20.6 Å². The molecule has 0 aliphatic rings. The van der Waals surface area contributed by atoms with E-state index in [0.717, 1.165) is 19.4 Å². The van der Waals surface area contributed by atoms with Gasteiger partial charge in [-0.05, 0) is 27.4 Å². The van der Waals surface area contributed by atoms with E-state index in [1.807, 2.05) is 25.9 Å². The topological polar surface area (TPSA) is 23.5 Å². The lowest BCUT2D eigenvalue weighted by molar-refractivity contribution is 0.0232. The number of nitrogens with zero attached hydrogens (tertiary/aromatic N) is 1. The third kappa shape index (κ3) is 8.26. The summed E-state index contributed by atoms with van der Waals surface area (Å²) in [5.41, 5.74) is -0.503. The van der Waals surface area contributed by atoms with E-state index in [2.05, 4.69) is 6.92 Å². The molecule has 0 aliphatic heterocycles. The Morgan fingerprint density at radius 2 is 1.77 bits per heavy atom.